The van der Waals surface area contributed by atoms with E-state index in [0.717, 1.165) is 32.2 Å². The molecule has 2 fully saturated rings. The van der Waals surface area contributed by atoms with Crippen molar-refractivity contribution in [1.29, 1.82) is 0 Å². The van der Waals surface area contributed by atoms with Crippen LogP contribution in [0.15, 0.2) is 43.2 Å². The van der Waals surface area contributed by atoms with Crippen LogP contribution in [0.25, 0.3) is 10.9 Å². The number of halogens is 3. The Hall–Kier alpha value is -3.14. The van der Waals surface area contributed by atoms with Gasteiger partial charge in [-0.05, 0) is 51.2 Å². The molecular formula is C28H30Cl2FN5O3. The molecule has 3 atom stereocenters. The van der Waals surface area contributed by atoms with Crippen LogP contribution in [0.2, 0.25) is 10.0 Å². The molecule has 0 aliphatic carbocycles. The maximum absolute atomic E-state index is 14.8. The van der Waals surface area contributed by atoms with Crippen LogP contribution in [0.4, 0.5) is 15.9 Å². The first-order valence-electron chi connectivity index (χ1n) is 12.8. The summed E-state index contributed by atoms with van der Waals surface area (Å²) >= 11 is 12.0. The van der Waals surface area contributed by atoms with Gasteiger partial charge in [0.2, 0.25) is 5.91 Å². The van der Waals surface area contributed by atoms with E-state index in [4.69, 9.17) is 32.7 Å². The summed E-state index contributed by atoms with van der Waals surface area (Å²) < 4.78 is 27.5. The number of nitrogens with one attached hydrogen (secondary N) is 1. The molecule has 3 heterocycles. The van der Waals surface area contributed by atoms with Gasteiger partial charge in [-0.2, -0.15) is 0 Å². The van der Waals surface area contributed by atoms with Gasteiger partial charge in [-0.15, -0.1) is 0 Å². The first kappa shape index (κ1) is 27.4. The molecule has 1 N–H and O–H groups in total. The van der Waals surface area contributed by atoms with Gasteiger partial charge in [-0.3, -0.25) is 4.79 Å². The minimum atomic E-state index is -0.674. The molecule has 3 aromatic rings. The predicted octanol–water partition coefficient (Wildman–Crippen LogP) is 5.85. The monoisotopic (exact) mass is 573 g/mol. The molecule has 0 spiro atoms. The molecule has 1 aromatic heterocycles. The van der Waals surface area contributed by atoms with Crippen LogP contribution < -0.4 is 14.8 Å². The fourth-order valence-electron chi connectivity index (χ4n) is 5.32. The lowest BCUT2D eigenvalue weighted by Crippen LogP contribution is -2.48. The van der Waals surface area contributed by atoms with Crippen LogP contribution in [0.1, 0.15) is 25.7 Å². The minimum absolute atomic E-state index is 0.0261. The first-order valence-corrected chi connectivity index (χ1v) is 13.6. The number of rotatable bonds is 9. The lowest BCUT2D eigenvalue weighted by Gasteiger charge is -2.38. The van der Waals surface area contributed by atoms with E-state index in [9.17, 15) is 9.18 Å². The Labute approximate surface area is 236 Å². The van der Waals surface area contributed by atoms with Gasteiger partial charge in [0.25, 0.3) is 0 Å². The normalized spacial score (nSPS) is 20.4. The standard InChI is InChI=1S/C28H30Cl2FN5O3/c1-4-25(37)36-16-5-6-17(36)12-18(11-16)39-24-13-19-22(14-23(24)38-10-9-35(2)3)32-15-33-28(19)34-21-8-7-20(29)26(30)27(21)31/h4,7-8,13-18H,1,5-6,9-12H2,2-3H3,(H,32,33,34)/t16-,17+,18-. The van der Waals surface area contributed by atoms with E-state index < -0.39 is 5.82 Å². The lowest BCUT2D eigenvalue weighted by molar-refractivity contribution is -0.131. The Balaban J connectivity index is 1.47. The summed E-state index contributed by atoms with van der Waals surface area (Å²) in [7, 11) is 3.95. The molecule has 206 valence electrons. The number of hydrogen-bond acceptors (Lipinski definition) is 7. The molecule has 2 aliphatic rings. The van der Waals surface area contributed by atoms with Crippen molar-refractivity contribution in [3.8, 4) is 11.5 Å². The third-order valence-corrected chi connectivity index (χ3v) is 7.98. The van der Waals surface area contributed by atoms with Gasteiger partial charge in [0, 0.05) is 42.9 Å². The van der Waals surface area contributed by atoms with E-state index >= 15 is 0 Å². The average Bonchev–Trinajstić information content (AvgIpc) is 3.18. The second-order valence-corrected chi connectivity index (χ2v) is 10.9. The summed E-state index contributed by atoms with van der Waals surface area (Å²) in [5.74, 6) is 0.788. The van der Waals surface area contributed by atoms with E-state index in [1.54, 1.807) is 0 Å². The molecule has 2 bridgehead atoms. The molecule has 8 nitrogen and oxygen atoms in total. The average molecular weight is 574 g/mol. The number of carbonyl (C=O) groups excluding carboxylic acids is 1. The van der Waals surface area contributed by atoms with Gasteiger partial charge < -0.3 is 24.6 Å². The zero-order valence-electron chi connectivity index (χ0n) is 21.8. The van der Waals surface area contributed by atoms with Crippen molar-refractivity contribution in [1.82, 2.24) is 19.8 Å². The number of hydrogen-bond donors (Lipinski definition) is 1. The highest BCUT2D eigenvalue weighted by molar-refractivity contribution is 6.42. The van der Waals surface area contributed by atoms with E-state index in [-0.39, 0.29) is 39.8 Å². The molecule has 11 heteroatoms. The van der Waals surface area contributed by atoms with Crippen molar-refractivity contribution >= 4 is 51.5 Å². The molecular weight excluding hydrogens is 544 g/mol. The second kappa shape index (κ2) is 11.5. The number of likely N-dealkylation sites (N-methyl/N-ethyl adjacent to an activating group) is 1. The van der Waals surface area contributed by atoms with Crippen molar-refractivity contribution in [2.24, 2.45) is 0 Å². The molecule has 1 amide bonds. The summed E-state index contributed by atoms with van der Waals surface area (Å²) in [6.45, 7) is 4.83. The number of anilines is 2. The quantitative estimate of drug-likeness (QED) is 0.254. The van der Waals surface area contributed by atoms with E-state index in [2.05, 4.69) is 21.9 Å². The third kappa shape index (κ3) is 5.76. The number of fused-ring (bicyclic) bond motifs is 3. The second-order valence-electron chi connectivity index (χ2n) is 10.1. The van der Waals surface area contributed by atoms with Crippen molar-refractivity contribution in [2.45, 2.75) is 43.9 Å². The maximum Gasteiger partial charge on any atom is 0.246 e. The zero-order valence-corrected chi connectivity index (χ0v) is 23.3. The van der Waals surface area contributed by atoms with Crippen molar-refractivity contribution < 1.29 is 18.7 Å². The summed E-state index contributed by atoms with van der Waals surface area (Å²) in [6.07, 6.45) is 6.02. The molecule has 0 unspecified atom stereocenters. The number of nitrogens with zero attached hydrogens (tertiary/aromatic N) is 4. The number of aromatic nitrogens is 2. The van der Waals surface area contributed by atoms with Crippen LogP contribution in [-0.4, -0.2) is 71.1 Å². The van der Waals surface area contributed by atoms with Gasteiger partial charge in [-0.1, -0.05) is 29.8 Å². The Morgan fingerprint density at radius 2 is 1.95 bits per heavy atom. The van der Waals surface area contributed by atoms with Crippen LogP contribution in [-0.2, 0) is 4.79 Å². The fraction of sp³-hybridized carbons (Fsp3) is 0.393. The lowest BCUT2D eigenvalue weighted by atomic mass is 9.99. The topological polar surface area (TPSA) is 79.8 Å². The predicted molar refractivity (Wildman–Crippen MR) is 151 cm³/mol. The Morgan fingerprint density at radius 1 is 1.21 bits per heavy atom. The number of ether oxygens (including phenoxy) is 2. The molecule has 2 aliphatic heterocycles. The first-order chi connectivity index (χ1) is 18.7. The van der Waals surface area contributed by atoms with E-state index in [1.165, 1.54) is 24.5 Å². The third-order valence-electron chi connectivity index (χ3n) is 7.20. The number of benzene rings is 2. The van der Waals surface area contributed by atoms with Crippen LogP contribution in [0.5, 0.6) is 11.5 Å². The molecule has 0 radical (unpaired) electrons. The molecule has 0 saturated carbocycles. The summed E-state index contributed by atoms with van der Waals surface area (Å²) in [5, 5.41) is 3.59. The summed E-state index contributed by atoms with van der Waals surface area (Å²) in [6, 6.07) is 6.89. The largest absolute Gasteiger partial charge is 0.488 e. The van der Waals surface area contributed by atoms with Crippen LogP contribution in [0.3, 0.4) is 0 Å². The molecule has 2 aromatic carbocycles. The summed E-state index contributed by atoms with van der Waals surface area (Å²) in [4.78, 5) is 25.1. The van der Waals surface area contributed by atoms with E-state index in [1.807, 2.05) is 36.0 Å². The van der Waals surface area contributed by atoms with Gasteiger partial charge >= 0.3 is 0 Å². The summed E-state index contributed by atoms with van der Waals surface area (Å²) in [5.41, 5.74) is 0.737. The Morgan fingerprint density at radius 3 is 2.64 bits per heavy atom. The molecule has 5 rings (SSSR count). The highest BCUT2D eigenvalue weighted by Crippen LogP contribution is 2.41. The van der Waals surface area contributed by atoms with Crippen molar-refractivity contribution in [2.75, 3.05) is 32.6 Å². The van der Waals surface area contributed by atoms with Crippen molar-refractivity contribution in [3.05, 3.63) is 59.1 Å². The molecule has 2 saturated heterocycles. The highest BCUT2D eigenvalue weighted by Gasteiger charge is 2.43. The SMILES string of the molecule is C=CC(=O)N1[C@@H]2CC[C@H]1C[C@H](Oc1cc3c(Nc4ccc(Cl)c(Cl)c4F)ncnc3cc1OCCN(C)C)C2. The van der Waals surface area contributed by atoms with Crippen LogP contribution >= 0.6 is 23.2 Å². The molecule has 39 heavy (non-hydrogen) atoms. The minimum Gasteiger partial charge on any atom is -0.488 e. The van der Waals surface area contributed by atoms with Gasteiger partial charge in [0.1, 0.15) is 24.9 Å². The zero-order chi connectivity index (χ0) is 27.7. The van der Waals surface area contributed by atoms with E-state index in [0.29, 0.717) is 34.8 Å². The number of amides is 1. The van der Waals surface area contributed by atoms with Gasteiger partial charge in [-0.25, -0.2) is 14.4 Å². The Bertz CT molecular complexity index is 1390. The highest BCUT2D eigenvalue weighted by atomic mass is 35.5. The number of carbonyl (C=O) groups is 1. The number of piperidine rings is 1. The van der Waals surface area contributed by atoms with Crippen molar-refractivity contribution in [3.63, 3.8) is 0 Å². The maximum atomic E-state index is 14.8. The smallest absolute Gasteiger partial charge is 0.246 e. The fourth-order valence-corrected chi connectivity index (χ4v) is 5.64. The van der Waals surface area contributed by atoms with Crippen LogP contribution in [0, 0.1) is 5.82 Å². The van der Waals surface area contributed by atoms with Gasteiger partial charge in [0.15, 0.2) is 17.3 Å². The van der Waals surface area contributed by atoms with Gasteiger partial charge in [0.05, 0.1) is 21.2 Å². The Kier molecular flexibility index (Phi) is 8.11.